The Morgan fingerprint density at radius 3 is 2.59 bits per heavy atom. The monoisotopic (exact) mass is 442 g/mol. The molecule has 7 heteroatoms. The third-order valence-corrected chi connectivity index (χ3v) is 7.42. The van der Waals surface area contributed by atoms with Crippen molar-refractivity contribution in [1.82, 2.24) is 19.8 Å². The summed E-state index contributed by atoms with van der Waals surface area (Å²) in [6.07, 6.45) is 9.20. The molecule has 7 nitrogen and oxygen atoms in total. The molecule has 1 N–H and O–H groups in total. The number of H-pyrrole nitrogens is 1. The highest BCUT2D eigenvalue weighted by atomic mass is 16.1. The van der Waals surface area contributed by atoms with Crippen LogP contribution in [0.15, 0.2) is 9.79 Å². The third-order valence-electron chi connectivity index (χ3n) is 7.42. The highest BCUT2D eigenvalue weighted by Crippen LogP contribution is 2.26. The molecule has 0 aromatic carbocycles. The van der Waals surface area contributed by atoms with Gasteiger partial charge in [-0.1, -0.05) is 32.6 Å². The topological polar surface area (TPSA) is 67.8 Å². The van der Waals surface area contributed by atoms with Crippen molar-refractivity contribution in [3.05, 3.63) is 21.6 Å². The van der Waals surface area contributed by atoms with Crippen LogP contribution in [0.5, 0.6) is 0 Å². The standard InChI is InChI=1S/C25H42N6O/c1-4-8-22-23-21(17-19(2)26-22)24(32)28-25(27-23)31(18-20-9-6-5-7-10-20)16-15-30-13-11-29(3)12-14-30/h19-20H,4-18H2,1-3H3,(H,27,28,32). The largest absolute Gasteiger partial charge is 0.341 e. The Labute approximate surface area is 193 Å². The zero-order valence-corrected chi connectivity index (χ0v) is 20.4. The van der Waals surface area contributed by atoms with Crippen molar-refractivity contribution in [2.75, 3.05) is 57.8 Å². The fourth-order valence-electron chi connectivity index (χ4n) is 5.45. The summed E-state index contributed by atoms with van der Waals surface area (Å²) in [5, 5.41) is 0. The number of nitrogens with one attached hydrogen (secondary N) is 1. The number of nitrogens with zero attached hydrogens (tertiary/aromatic N) is 5. The van der Waals surface area contributed by atoms with Crippen molar-refractivity contribution >= 4 is 11.7 Å². The minimum Gasteiger partial charge on any atom is -0.341 e. The predicted molar refractivity (Wildman–Crippen MR) is 132 cm³/mol. The summed E-state index contributed by atoms with van der Waals surface area (Å²) in [7, 11) is 2.20. The van der Waals surface area contributed by atoms with Gasteiger partial charge in [-0.15, -0.1) is 0 Å². The summed E-state index contributed by atoms with van der Waals surface area (Å²) in [6.45, 7) is 11.7. The first-order chi connectivity index (χ1) is 15.5. The second kappa shape index (κ2) is 10.9. The van der Waals surface area contributed by atoms with Gasteiger partial charge in [0.2, 0.25) is 5.95 Å². The molecule has 1 saturated carbocycles. The maximum Gasteiger partial charge on any atom is 0.256 e. The lowest BCUT2D eigenvalue weighted by Gasteiger charge is -2.35. The number of hydrogen-bond donors (Lipinski definition) is 1. The van der Waals surface area contributed by atoms with E-state index in [1.807, 2.05) is 0 Å². The molecule has 3 heterocycles. The summed E-state index contributed by atoms with van der Waals surface area (Å²) in [5.41, 5.74) is 2.74. The molecular weight excluding hydrogens is 400 g/mol. The van der Waals surface area contributed by atoms with Gasteiger partial charge >= 0.3 is 0 Å². The summed E-state index contributed by atoms with van der Waals surface area (Å²) < 4.78 is 0. The second-order valence-electron chi connectivity index (χ2n) is 10.2. The van der Waals surface area contributed by atoms with Gasteiger partial charge in [0.1, 0.15) is 0 Å². The van der Waals surface area contributed by atoms with Crippen molar-refractivity contribution < 1.29 is 0 Å². The molecular formula is C25H42N6O. The lowest BCUT2D eigenvalue weighted by molar-refractivity contribution is 0.156. The highest BCUT2D eigenvalue weighted by molar-refractivity contribution is 6.01. The summed E-state index contributed by atoms with van der Waals surface area (Å²) in [6, 6.07) is 0.161. The number of fused-ring (bicyclic) bond motifs is 1. The lowest BCUT2D eigenvalue weighted by atomic mass is 9.89. The Morgan fingerprint density at radius 1 is 1.12 bits per heavy atom. The van der Waals surface area contributed by atoms with Crippen LogP contribution >= 0.6 is 0 Å². The average molecular weight is 443 g/mol. The molecule has 4 rings (SSSR count). The van der Waals surface area contributed by atoms with Crippen LogP contribution in [0.3, 0.4) is 0 Å². The molecule has 1 saturated heterocycles. The van der Waals surface area contributed by atoms with E-state index < -0.39 is 0 Å². The molecule has 1 aromatic heterocycles. The van der Waals surface area contributed by atoms with Crippen LogP contribution in [0, 0.1) is 5.92 Å². The molecule has 1 unspecified atom stereocenters. The molecule has 2 aliphatic heterocycles. The van der Waals surface area contributed by atoms with Crippen LogP contribution in [-0.2, 0) is 6.42 Å². The minimum atomic E-state index is 0.0357. The number of aromatic amines is 1. The van der Waals surface area contributed by atoms with Crippen molar-refractivity contribution in [2.24, 2.45) is 10.9 Å². The fraction of sp³-hybridized carbons (Fsp3) is 0.800. The Bertz CT molecular complexity index is 835. The number of piperazine rings is 1. The maximum absolute atomic E-state index is 13.1. The third kappa shape index (κ3) is 5.79. The smallest absolute Gasteiger partial charge is 0.256 e. The molecule has 0 bridgehead atoms. The number of hydrogen-bond acceptors (Lipinski definition) is 6. The number of rotatable bonds is 8. The van der Waals surface area contributed by atoms with Crippen molar-refractivity contribution in [1.29, 1.82) is 0 Å². The quantitative estimate of drug-likeness (QED) is 0.670. The average Bonchev–Trinajstić information content (AvgIpc) is 2.79. The van der Waals surface area contributed by atoms with E-state index in [4.69, 9.17) is 9.98 Å². The molecule has 3 aliphatic rings. The Hall–Kier alpha value is -1.73. The molecule has 1 aromatic rings. The van der Waals surface area contributed by atoms with Gasteiger partial charge in [0.15, 0.2) is 0 Å². The van der Waals surface area contributed by atoms with Gasteiger partial charge < -0.3 is 9.80 Å². The Morgan fingerprint density at radius 2 is 1.88 bits per heavy atom. The van der Waals surface area contributed by atoms with E-state index in [1.54, 1.807) is 0 Å². The minimum absolute atomic E-state index is 0.0357. The molecule has 1 aliphatic carbocycles. The lowest BCUT2D eigenvalue weighted by Crippen LogP contribution is -2.48. The van der Waals surface area contributed by atoms with Gasteiger partial charge in [0, 0.05) is 57.8 Å². The zero-order valence-electron chi connectivity index (χ0n) is 20.4. The first kappa shape index (κ1) is 23.4. The zero-order chi connectivity index (χ0) is 22.5. The van der Waals surface area contributed by atoms with Crippen molar-refractivity contribution in [3.63, 3.8) is 0 Å². The highest BCUT2D eigenvalue weighted by Gasteiger charge is 2.26. The normalized spacial score (nSPS) is 23.1. The molecule has 32 heavy (non-hydrogen) atoms. The van der Waals surface area contributed by atoms with Gasteiger partial charge in [0.25, 0.3) is 5.56 Å². The van der Waals surface area contributed by atoms with Crippen LogP contribution < -0.4 is 10.5 Å². The first-order valence-electron chi connectivity index (χ1n) is 12.9. The van der Waals surface area contributed by atoms with Crippen molar-refractivity contribution in [3.8, 4) is 0 Å². The van der Waals surface area contributed by atoms with Gasteiger partial charge in [0.05, 0.1) is 17.4 Å². The number of aliphatic imine (C=N–C) groups is 1. The van der Waals surface area contributed by atoms with Gasteiger partial charge in [-0.3, -0.25) is 19.7 Å². The van der Waals surface area contributed by atoms with E-state index in [9.17, 15) is 4.79 Å². The number of anilines is 1. The molecule has 1 atom stereocenters. The first-order valence-corrected chi connectivity index (χ1v) is 12.9. The molecule has 0 radical (unpaired) electrons. The van der Waals surface area contributed by atoms with Crippen LogP contribution in [-0.4, -0.2) is 84.4 Å². The molecule has 2 fully saturated rings. The number of aromatic nitrogens is 2. The van der Waals surface area contributed by atoms with Gasteiger partial charge in [-0.25, -0.2) is 4.98 Å². The summed E-state index contributed by atoms with van der Waals surface area (Å²) >= 11 is 0. The SMILES string of the molecule is CCCC1=NC(C)Cc2c1nc(N(CCN1CCN(C)CC1)CC1CCCCC1)[nH]c2=O. The summed E-state index contributed by atoms with van der Waals surface area (Å²) in [4.78, 5) is 33.6. The van der Waals surface area contributed by atoms with E-state index in [2.05, 4.69) is 40.6 Å². The van der Waals surface area contributed by atoms with Crippen LogP contribution in [0.25, 0.3) is 0 Å². The van der Waals surface area contributed by atoms with E-state index in [0.29, 0.717) is 12.3 Å². The second-order valence-corrected chi connectivity index (χ2v) is 10.2. The molecule has 0 amide bonds. The van der Waals surface area contributed by atoms with E-state index in [0.717, 1.165) is 81.6 Å². The van der Waals surface area contributed by atoms with E-state index in [1.165, 1.54) is 32.1 Å². The van der Waals surface area contributed by atoms with Crippen LogP contribution in [0.2, 0.25) is 0 Å². The van der Waals surface area contributed by atoms with Gasteiger partial charge in [-0.2, -0.15) is 0 Å². The maximum atomic E-state index is 13.1. The molecule has 0 spiro atoms. The Balaban J connectivity index is 1.57. The van der Waals surface area contributed by atoms with Crippen molar-refractivity contribution in [2.45, 2.75) is 71.3 Å². The fourth-order valence-corrected chi connectivity index (χ4v) is 5.45. The number of likely N-dealkylation sites (N-methyl/N-ethyl adjacent to an activating group) is 1. The Kier molecular flexibility index (Phi) is 8.00. The predicted octanol–water partition coefficient (Wildman–Crippen LogP) is 2.94. The molecule has 178 valence electrons. The van der Waals surface area contributed by atoms with E-state index >= 15 is 0 Å². The summed E-state index contributed by atoms with van der Waals surface area (Å²) in [5.74, 6) is 1.45. The van der Waals surface area contributed by atoms with Crippen LogP contribution in [0.1, 0.15) is 70.1 Å². The van der Waals surface area contributed by atoms with Gasteiger partial charge in [-0.05, 0) is 39.2 Å². The van der Waals surface area contributed by atoms with E-state index in [-0.39, 0.29) is 11.6 Å². The van der Waals surface area contributed by atoms with Crippen LogP contribution in [0.4, 0.5) is 5.95 Å².